The second-order valence-corrected chi connectivity index (χ2v) is 12.1. The van der Waals surface area contributed by atoms with Gasteiger partial charge in [0.1, 0.15) is 11.2 Å². The molecule has 2 aromatic heterocycles. The fourth-order valence-corrected chi connectivity index (χ4v) is 6.88. The standard InChI is InChI=1S/C40H27N3O/c1-40(2)32-17-9-8-15-28(32)29-20-19-27(22-33(29)40)38-41-37(24-11-4-3-5-12-24)42-39(43-38)30-16-10-18-34-36(30)31-21-25-13-6-7-14-26(25)23-35(31)44-34/h3-23H,1-2H3. The van der Waals surface area contributed by atoms with Crippen molar-refractivity contribution in [3.63, 3.8) is 0 Å². The summed E-state index contributed by atoms with van der Waals surface area (Å²) in [7, 11) is 0. The summed E-state index contributed by atoms with van der Waals surface area (Å²) in [6.07, 6.45) is 0. The first-order valence-electron chi connectivity index (χ1n) is 15.0. The first-order valence-corrected chi connectivity index (χ1v) is 15.0. The van der Waals surface area contributed by atoms with E-state index in [0.29, 0.717) is 17.5 Å². The van der Waals surface area contributed by atoms with E-state index in [-0.39, 0.29) is 5.41 Å². The maximum absolute atomic E-state index is 6.39. The molecule has 0 aliphatic heterocycles. The lowest BCUT2D eigenvalue weighted by Crippen LogP contribution is -2.15. The summed E-state index contributed by atoms with van der Waals surface area (Å²) in [4.78, 5) is 15.3. The van der Waals surface area contributed by atoms with Crippen LogP contribution in [0.5, 0.6) is 0 Å². The molecule has 0 saturated carbocycles. The first kappa shape index (κ1) is 24.9. The van der Waals surface area contributed by atoms with Crippen LogP contribution >= 0.6 is 0 Å². The maximum Gasteiger partial charge on any atom is 0.164 e. The van der Waals surface area contributed by atoms with Crippen molar-refractivity contribution in [2.24, 2.45) is 0 Å². The number of aromatic nitrogens is 3. The van der Waals surface area contributed by atoms with Gasteiger partial charge in [0.15, 0.2) is 17.5 Å². The molecule has 0 amide bonds. The Balaban J connectivity index is 1.28. The van der Waals surface area contributed by atoms with Gasteiger partial charge in [0.25, 0.3) is 0 Å². The zero-order valence-corrected chi connectivity index (χ0v) is 24.4. The van der Waals surface area contributed by atoms with Crippen molar-refractivity contribution in [2.75, 3.05) is 0 Å². The van der Waals surface area contributed by atoms with Crippen LogP contribution in [0.1, 0.15) is 25.0 Å². The largest absolute Gasteiger partial charge is 0.456 e. The van der Waals surface area contributed by atoms with E-state index in [0.717, 1.165) is 44.0 Å². The summed E-state index contributed by atoms with van der Waals surface area (Å²) in [6.45, 7) is 4.59. The Morgan fingerprint density at radius 1 is 0.477 bits per heavy atom. The quantitative estimate of drug-likeness (QED) is 0.214. The lowest BCUT2D eigenvalue weighted by molar-refractivity contribution is 0.660. The lowest BCUT2D eigenvalue weighted by Gasteiger charge is -2.21. The highest BCUT2D eigenvalue weighted by atomic mass is 16.3. The van der Waals surface area contributed by atoms with Crippen LogP contribution < -0.4 is 0 Å². The number of fused-ring (bicyclic) bond motifs is 7. The number of nitrogens with zero attached hydrogens (tertiary/aromatic N) is 3. The van der Waals surface area contributed by atoms with Gasteiger partial charge >= 0.3 is 0 Å². The predicted octanol–water partition coefficient (Wildman–Crippen LogP) is 10.2. The monoisotopic (exact) mass is 565 g/mol. The van der Waals surface area contributed by atoms with Gasteiger partial charge in [-0.3, -0.25) is 0 Å². The van der Waals surface area contributed by atoms with Crippen molar-refractivity contribution in [1.29, 1.82) is 0 Å². The van der Waals surface area contributed by atoms with Gasteiger partial charge < -0.3 is 4.42 Å². The van der Waals surface area contributed by atoms with E-state index in [2.05, 4.69) is 98.8 Å². The van der Waals surface area contributed by atoms with E-state index >= 15 is 0 Å². The van der Waals surface area contributed by atoms with Crippen LogP contribution in [-0.2, 0) is 5.41 Å². The Labute approximate surface area is 254 Å². The summed E-state index contributed by atoms with van der Waals surface area (Å²) in [6, 6.07) is 44.3. The molecule has 0 spiro atoms. The molecule has 6 aromatic carbocycles. The van der Waals surface area contributed by atoms with E-state index in [1.165, 1.54) is 27.6 Å². The second kappa shape index (κ2) is 9.19. The van der Waals surface area contributed by atoms with Crippen LogP contribution in [-0.4, -0.2) is 15.0 Å². The average Bonchev–Trinajstić information content (AvgIpc) is 3.55. The van der Waals surface area contributed by atoms with Gasteiger partial charge in [0, 0.05) is 32.9 Å². The van der Waals surface area contributed by atoms with Crippen molar-refractivity contribution in [3.8, 4) is 45.3 Å². The van der Waals surface area contributed by atoms with Crippen molar-refractivity contribution < 1.29 is 4.42 Å². The number of rotatable bonds is 3. The SMILES string of the molecule is CC1(C)c2ccccc2-c2ccc(-c3nc(-c4ccccc4)nc(-c4cccc5oc6cc7ccccc7cc6c45)n3)cc21. The Morgan fingerprint density at radius 2 is 1.14 bits per heavy atom. The highest BCUT2D eigenvalue weighted by Crippen LogP contribution is 2.49. The second-order valence-electron chi connectivity index (χ2n) is 12.1. The summed E-state index contributed by atoms with van der Waals surface area (Å²) in [5.41, 5.74) is 9.59. The van der Waals surface area contributed by atoms with Gasteiger partial charge in [-0.2, -0.15) is 0 Å². The minimum Gasteiger partial charge on any atom is -0.456 e. The molecule has 1 aliphatic carbocycles. The topological polar surface area (TPSA) is 51.8 Å². The molecule has 208 valence electrons. The molecule has 0 fully saturated rings. The van der Waals surface area contributed by atoms with Crippen LogP contribution in [0.15, 0.2) is 132 Å². The summed E-state index contributed by atoms with van der Waals surface area (Å²) in [5, 5.41) is 4.38. The molecular formula is C40H27N3O. The van der Waals surface area contributed by atoms with Gasteiger partial charge in [-0.05, 0) is 57.3 Å². The maximum atomic E-state index is 6.39. The lowest BCUT2D eigenvalue weighted by atomic mass is 9.82. The molecule has 0 bridgehead atoms. The number of furan rings is 1. The number of hydrogen-bond donors (Lipinski definition) is 0. The smallest absolute Gasteiger partial charge is 0.164 e. The molecule has 0 atom stereocenters. The molecule has 2 heterocycles. The third-order valence-corrected chi connectivity index (χ3v) is 9.11. The van der Waals surface area contributed by atoms with E-state index in [4.69, 9.17) is 19.4 Å². The molecule has 0 unspecified atom stereocenters. The normalized spacial score (nSPS) is 13.4. The minimum absolute atomic E-state index is 0.121. The van der Waals surface area contributed by atoms with Crippen molar-refractivity contribution in [2.45, 2.75) is 19.3 Å². The third kappa shape index (κ3) is 3.67. The number of hydrogen-bond acceptors (Lipinski definition) is 4. The van der Waals surface area contributed by atoms with Crippen molar-refractivity contribution >= 4 is 32.7 Å². The Morgan fingerprint density at radius 3 is 1.98 bits per heavy atom. The fourth-order valence-electron chi connectivity index (χ4n) is 6.88. The fraction of sp³-hybridized carbons (Fsp3) is 0.0750. The number of benzene rings is 6. The van der Waals surface area contributed by atoms with E-state index in [1.807, 2.05) is 42.5 Å². The van der Waals surface area contributed by atoms with Gasteiger partial charge in [-0.15, -0.1) is 0 Å². The highest BCUT2D eigenvalue weighted by molar-refractivity contribution is 6.15. The van der Waals surface area contributed by atoms with Crippen LogP contribution in [0, 0.1) is 0 Å². The van der Waals surface area contributed by atoms with Gasteiger partial charge in [0.05, 0.1) is 0 Å². The van der Waals surface area contributed by atoms with Crippen LogP contribution in [0.3, 0.4) is 0 Å². The molecule has 9 rings (SSSR count). The summed E-state index contributed by atoms with van der Waals surface area (Å²) in [5.74, 6) is 1.92. The summed E-state index contributed by atoms with van der Waals surface area (Å²) >= 11 is 0. The Bertz CT molecular complexity index is 2420. The molecule has 1 aliphatic rings. The van der Waals surface area contributed by atoms with Crippen LogP contribution in [0.2, 0.25) is 0 Å². The Kier molecular flexibility index (Phi) is 5.21. The van der Waals surface area contributed by atoms with Crippen molar-refractivity contribution in [1.82, 2.24) is 15.0 Å². The third-order valence-electron chi connectivity index (χ3n) is 9.11. The van der Waals surface area contributed by atoms with E-state index in [9.17, 15) is 0 Å². The van der Waals surface area contributed by atoms with Crippen LogP contribution in [0.4, 0.5) is 0 Å². The summed E-state index contributed by atoms with van der Waals surface area (Å²) < 4.78 is 6.39. The van der Waals surface area contributed by atoms with Gasteiger partial charge in [-0.1, -0.05) is 117 Å². The van der Waals surface area contributed by atoms with E-state index in [1.54, 1.807) is 0 Å². The molecule has 0 N–H and O–H groups in total. The average molecular weight is 566 g/mol. The molecule has 4 heteroatoms. The Hall–Kier alpha value is -5.61. The highest BCUT2D eigenvalue weighted by Gasteiger charge is 2.35. The van der Waals surface area contributed by atoms with Gasteiger partial charge in [-0.25, -0.2) is 15.0 Å². The molecule has 0 saturated heterocycles. The molecule has 8 aromatic rings. The molecule has 0 radical (unpaired) electrons. The molecule has 44 heavy (non-hydrogen) atoms. The zero-order chi connectivity index (χ0) is 29.4. The molecule has 4 nitrogen and oxygen atoms in total. The molecular weight excluding hydrogens is 538 g/mol. The van der Waals surface area contributed by atoms with Crippen molar-refractivity contribution in [3.05, 3.63) is 139 Å². The van der Waals surface area contributed by atoms with E-state index < -0.39 is 0 Å². The van der Waals surface area contributed by atoms with Gasteiger partial charge in [0.2, 0.25) is 0 Å². The minimum atomic E-state index is -0.121. The zero-order valence-electron chi connectivity index (χ0n) is 24.4. The van der Waals surface area contributed by atoms with Crippen LogP contribution in [0.25, 0.3) is 78.0 Å². The first-order chi connectivity index (χ1) is 21.5. The predicted molar refractivity (Wildman–Crippen MR) is 178 cm³/mol.